The molecule has 0 aromatic carbocycles. The number of amides is 1. The van der Waals surface area contributed by atoms with Gasteiger partial charge in [-0.25, -0.2) is 4.98 Å². The summed E-state index contributed by atoms with van der Waals surface area (Å²) in [5, 5.41) is 8.10. The molecule has 0 spiro atoms. The summed E-state index contributed by atoms with van der Waals surface area (Å²) in [6, 6.07) is 5.35. The van der Waals surface area contributed by atoms with Crippen LogP contribution in [0.25, 0.3) is 0 Å². The molecule has 28 heavy (non-hydrogen) atoms. The third kappa shape index (κ3) is 4.16. The van der Waals surface area contributed by atoms with E-state index in [4.69, 9.17) is 15.2 Å². The van der Waals surface area contributed by atoms with Crippen LogP contribution in [0.4, 0.5) is 5.82 Å². The average molecular weight is 383 g/mol. The van der Waals surface area contributed by atoms with Gasteiger partial charge in [0.15, 0.2) is 11.5 Å². The van der Waals surface area contributed by atoms with Gasteiger partial charge in [0.2, 0.25) is 0 Å². The van der Waals surface area contributed by atoms with E-state index < -0.39 is 0 Å². The van der Waals surface area contributed by atoms with Gasteiger partial charge in [0.05, 0.1) is 25.6 Å². The van der Waals surface area contributed by atoms with Gasteiger partial charge in [-0.2, -0.15) is 5.10 Å². The second kappa shape index (κ2) is 8.00. The van der Waals surface area contributed by atoms with Crippen LogP contribution in [0.1, 0.15) is 47.8 Å². The van der Waals surface area contributed by atoms with Crippen molar-refractivity contribution in [2.75, 3.05) is 32.5 Å². The van der Waals surface area contributed by atoms with E-state index in [1.165, 1.54) is 12.8 Å². The number of anilines is 1. The highest BCUT2D eigenvalue weighted by Crippen LogP contribution is 2.33. The van der Waals surface area contributed by atoms with Crippen molar-refractivity contribution in [3.63, 3.8) is 0 Å². The zero-order valence-electron chi connectivity index (χ0n) is 16.0. The molecule has 8 heteroatoms. The fourth-order valence-corrected chi connectivity index (χ4v) is 3.41. The van der Waals surface area contributed by atoms with Gasteiger partial charge in [-0.3, -0.25) is 4.79 Å². The number of nitrogens with zero attached hydrogens (tertiary/aromatic N) is 4. The summed E-state index contributed by atoms with van der Waals surface area (Å²) in [6.45, 7) is 1.98. The molecule has 2 aliphatic rings. The molecule has 1 amide bonds. The van der Waals surface area contributed by atoms with Gasteiger partial charge in [-0.15, -0.1) is 5.10 Å². The van der Waals surface area contributed by atoms with Crippen molar-refractivity contribution in [2.45, 2.75) is 31.6 Å². The number of likely N-dealkylation sites (tertiary alicyclic amines) is 1. The SMILES string of the molecule is COc1cc(C(=O)N2CCC(c3ccc(N)nn3)CC2)ncc1OCC1CC1. The van der Waals surface area contributed by atoms with Crippen molar-refractivity contribution < 1.29 is 14.3 Å². The van der Waals surface area contributed by atoms with Crippen LogP contribution >= 0.6 is 0 Å². The van der Waals surface area contributed by atoms with E-state index in [2.05, 4.69) is 15.2 Å². The summed E-state index contributed by atoms with van der Waals surface area (Å²) in [5.74, 6) is 2.39. The number of hydrogen-bond acceptors (Lipinski definition) is 7. The Bertz CT molecular complexity index is 830. The zero-order valence-corrected chi connectivity index (χ0v) is 16.0. The fourth-order valence-electron chi connectivity index (χ4n) is 3.41. The van der Waals surface area contributed by atoms with Crippen molar-refractivity contribution in [2.24, 2.45) is 5.92 Å². The number of hydrogen-bond donors (Lipinski definition) is 1. The summed E-state index contributed by atoms with van der Waals surface area (Å²) >= 11 is 0. The first-order valence-electron chi connectivity index (χ1n) is 9.69. The Labute approximate surface area is 164 Å². The van der Waals surface area contributed by atoms with Gasteiger partial charge in [-0.1, -0.05) is 0 Å². The Hall–Kier alpha value is -2.90. The molecule has 2 aromatic heterocycles. The second-order valence-electron chi connectivity index (χ2n) is 7.42. The molecule has 3 heterocycles. The van der Waals surface area contributed by atoms with E-state index in [1.54, 1.807) is 25.4 Å². The predicted octanol–water partition coefficient (Wildman–Crippen LogP) is 2.27. The Morgan fingerprint density at radius 2 is 1.96 bits per heavy atom. The molecule has 1 aliphatic heterocycles. The van der Waals surface area contributed by atoms with Gasteiger partial charge >= 0.3 is 0 Å². The lowest BCUT2D eigenvalue weighted by Gasteiger charge is -2.31. The topological polar surface area (TPSA) is 103 Å². The van der Waals surface area contributed by atoms with Gasteiger partial charge < -0.3 is 20.1 Å². The lowest BCUT2D eigenvalue weighted by molar-refractivity contribution is 0.0705. The van der Waals surface area contributed by atoms with Gasteiger partial charge in [0.1, 0.15) is 11.5 Å². The molecule has 148 valence electrons. The van der Waals surface area contributed by atoms with Gasteiger partial charge in [0.25, 0.3) is 5.91 Å². The van der Waals surface area contributed by atoms with Crippen LogP contribution in [0.5, 0.6) is 11.5 Å². The number of carbonyl (C=O) groups is 1. The molecule has 1 saturated heterocycles. The maximum atomic E-state index is 12.9. The van der Waals surface area contributed by atoms with E-state index in [9.17, 15) is 4.79 Å². The molecule has 0 unspecified atom stereocenters. The third-order valence-corrected chi connectivity index (χ3v) is 5.35. The minimum Gasteiger partial charge on any atom is -0.493 e. The van der Waals surface area contributed by atoms with Crippen molar-refractivity contribution in [1.82, 2.24) is 20.1 Å². The highest BCUT2D eigenvalue weighted by Gasteiger charge is 2.27. The summed E-state index contributed by atoms with van der Waals surface area (Å²) in [6.07, 6.45) is 5.69. The van der Waals surface area contributed by atoms with E-state index in [0.717, 1.165) is 18.5 Å². The highest BCUT2D eigenvalue weighted by molar-refractivity contribution is 5.93. The molecule has 4 rings (SSSR count). The lowest BCUT2D eigenvalue weighted by Crippen LogP contribution is -2.38. The van der Waals surface area contributed by atoms with Crippen molar-refractivity contribution in [3.05, 3.63) is 35.8 Å². The van der Waals surface area contributed by atoms with Crippen molar-refractivity contribution in [3.8, 4) is 11.5 Å². The number of carbonyl (C=O) groups excluding carboxylic acids is 1. The van der Waals surface area contributed by atoms with Crippen LogP contribution in [-0.2, 0) is 0 Å². The summed E-state index contributed by atoms with van der Waals surface area (Å²) in [5.41, 5.74) is 6.91. The van der Waals surface area contributed by atoms with Crippen LogP contribution in [0.2, 0.25) is 0 Å². The minimum atomic E-state index is -0.0890. The summed E-state index contributed by atoms with van der Waals surface area (Å²) in [4.78, 5) is 19.0. The Morgan fingerprint density at radius 3 is 2.61 bits per heavy atom. The molecule has 2 N–H and O–H groups in total. The zero-order chi connectivity index (χ0) is 19.5. The van der Waals surface area contributed by atoms with E-state index in [-0.39, 0.29) is 11.8 Å². The molecule has 2 aromatic rings. The first-order valence-corrected chi connectivity index (χ1v) is 9.69. The molecule has 1 saturated carbocycles. The van der Waals surface area contributed by atoms with E-state index >= 15 is 0 Å². The molecule has 0 bridgehead atoms. The maximum absolute atomic E-state index is 12.9. The molecule has 1 aliphatic carbocycles. The van der Waals surface area contributed by atoms with Gasteiger partial charge in [-0.05, 0) is 43.7 Å². The standard InChI is InChI=1S/C20H25N5O3/c1-27-17-10-16(22-11-18(17)28-12-13-2-3-13)20(26)25-8-6-14(7-9-25)15-4-5-19(21)24-23-15/h4-5,10-11,13-14H,2-3,6-9,12H2,1H3,(H2,21,24). The number of nitrogen functional groups attached to an aromatic ring is 1. The van der Waals surface area contributed by atoms with Crippen molar-refractivity contribution in [1.29, 1.82) is 0 Å². The first-order chi connectivity index (χ1) is 13.6. The average Bonchev–Trinajstić information content (AvgIpc) is 3.57. The number of methoxy groups -OCH3 is 1. The molecule has 0 radical (unpaired) electrons. The number of nitrogens with two attached hydrogens (primary N) is 1. The van der Waals surface area contributed by atoms with Crippen LogP contribution < -0.4 is 15.2 Å². The molecular formula is C20H25N5O3. The Morgan fingerprint density at radius 1 is 1.18 bits per heavy atom. The molecule has 0 atom stereocenters. The minimum absolute atomic E-state index is 0.0890. The molecule has 2 fully saturated rings. The van der Waals surface area contributed by atoms with E-state index in [0.29, 0.717) is 48.6 Å². The number of aromatic nitrogens is 3. The molecular weight excluding hydrogens is 358 g/mol. The highest BCUT2D eigenvalue weighted by atomic mass is 16.5. The van der Waals surface area contributed by atoms with Crippen LogP contribution in [0.3, 0.4) is 0 Å². The number of rotatable bonds is 6. The summed E-state index contributed by atoms with van der Waals surface area (Å²) in [7, 11) is 1.58. The first kappa shape index (κ1) is 18.5. The van der Waals surface area contributed by atoms with Crippen molar-refractivity contribution >= 4 is 11.7 Å². The number of ether oxygens (including phenoxy) is 2. The Balaban J connectivity index is 1.38. The van der Waals surface area contributed by atoms with Gasteiger partial charge in [0, 0.05) is 25.1 Å². The van der Waals surface area contributed by atoms with E-state index in [1.807, 2.05) is 11.0 Å². The number of piperidine rings is 1. The summed E-state index contributed by atoms with van der Waals surface area (Å²) < 4.78 is 11.2. The van der Waals surface area contributed by atoms with Crippen LogP contribution in [0.15, 0.2) is 24.4 Å². The normalized spacial score (nSPS) is 17.4. The fraction of sp³-hybridized carbons (Fsp3) is 0.500. The second-order valence-corrected chi connectivity index (χ2v) is 7.42. The maximum Gasteiger partial charge on any atom is 0.272 e. The largest absolute Gasteiger partial charge is 0.493 e. The smallest absolute Gasteiger partial charge is 0.272 e. The number of pyridine rings is 1. The Kier molecular flexibility index (Phi) is 5.27. The quantitative estimate of drug-likeness (QED) is 0.816. The molecule has 8 nitrogen and oxygen atoms in total. The predicted molar refractivity (Wildman–Crippen MR) is 103 cm³/mol. The monoisotopic (exact) mass is 383 g/mol. The van der Waals surface area contributed by atoms with Crippen LogP contribution in [0, 0.1) is 5.92 Å². The lowest BCUT2D eigenvalue weighted by atomic mass is 9.93. The third-order valence-electron chi connectivity index (χ3n) is 5.35. The van der Waals surface area contributed by atoms with Crippen LogP contribution in [-0.4, -0.2) is 52.8 Å².